The standard InChI is InChI=1S/C42H38.4CH4/c1-11-12-36-21-31(6)38(22-30(36)5)15-16-40-25-35(10)42(26-34(40)9)18-17-41-24-32(7)39(23-33(41)8)14-13-37-20-28(3)27(2)19-29(37)4;;;;/h19-26H,1-10H3;4*1H4. The van der Waals surface area contributed by atoms with E-state index in [1.165, 1.54) is 16.7 Å². The Morgan fingerprint density at radius 3 is 0.674 bits per heavy atom. The number of aryl methyl sites for hydroxylation is 9. The van der Waals surface area contributed by atoms with Crippen molar-refractivity contribution in [3.63, 3.8) is 0 Å². The van der Waals surface area contributed by atoms with Crippen molar-refractivity contribution in [2.45, 2.75) is 98.9 Å². The van der Waals surface area contributed by atoms with Gasteiger partial charge in [0.2, 0.25) is 0 Å². The quantitative estimate of drug-likeness (QED) is 0.175. The Kier molecular flexibility index (Phi) is 15.7. The summed E-state index contributed by atoms with van der Waals surface area (Å²) in [5, 5.41) is 0. The van der Waals surface area contributed by atoms with Crippen LogP contribution in [0, 0.1) is 110 Å². The predicted octanol–water partition coefficient (Wildman–Crippen LogP) is 11.6. The molecular formula is C46H54. The molecule has 4 aromatic carbocycles. The molecule has 0 radical (unpaired) electrons. The molecule has 0 unspecified atom stereocenters. The molecule has 0 bridgehead atoms. The highest BCUT2D eigenvalue weighted by Crippen LogP contribution is 2.20. The number of benzene rings is 4. The van der Waals surface area contributed by atoms with Crippen LogP contribution in [0.2, 0.25) is 0 Å². The van der Waals surface area contributed by atoms with Gasteiger partial charge in [-0.2, -0.15) is 0 Å². The van der Waals surface area contributed by atoms with Gasteiger partial charge in [-0.25, -0.2) is 0 Å². The normalized spacial score (nSPS) is 9.00. The monoisotopic (exact) mass is 606 g/mol. The van der Waals surface area contributed by atoms with E-state index in [1.54, 1.807) is 0 Å². The lowest BCUT2D eigenvalue weighted by Crippen LogP contribution is -1.93. The fraction of sp³-hybridized carbons (Fsp3) is 0.304. The SMILES string of the molecule is C.C.C.C.CC#Cc1cc(C)c(C#Cc2cc(C)c(C#Cc3cc(C)c(C#Cc4cc(C)c(C)cc4C)cc3C)cc2C)cc1C. The van der Waals surface area contributed by atoms with E-state index in [9.17, 15) is 0 Å². The minimum Gasteiger partial charge on any atom is -0.101 e. The summed E-state index contributed by atoms with van der Waals surface area (Å²) in [6.07, 6.45) is 0. The van der Waals surface area contributed by atoms with Gasteiger partial charge in [-0.15, -0.1) is 5.92 Å². The molecule has 0 saturated heterocycles. The predicted molar refractivity (Wildman–Crippen MR) is 206 cm³/mol. The molecule has 46 heavy (non-hydrogen) atoms. The molecule has 238 valence electrons. The highest BCUT2D eigenvalue weighted by Gasteiger charge is 2.06. The van der Waals surface area contributed by atoms with Crippen molar-refractivity contribution >= 4 is 0 Å². The van der Waals surface area contributed by atoms with Crippen LogP contribution in [0.4, 0.5) is 0 Å². The Balaban J connectivity index is 0.00000506. The number of hydrogen-bond donors (Lipinski definition) is 0. The molecule has 4 aromatic rings. The summed E-state index contributed by atoms with van der Waals surface area (Å²) < 4.78 is 0. The molecule has 0 heterocycles. The molecule has 0 saturated carbocycles. The zero-order valence-electron chi connectivity index (χ0n) is 26.6. The summed E-state index contributed by atoms with van der Waals surface area (Å²) in [5.74, 6) is 26.6. The van der Waals surface area contributed by atoms with Crippen LogP contribution in [0.1, 0.15) is 126 Å². The first-order chi connectivity index (χ1) is 20.0. The van der Waals surface area contributed by atoms with Gasteiger partial charge in [-0.1, -0.05) is 77.2 Å². The van der Waals surface area contributed by atoms with E-state index in [-0.39, 0.29) is 29.7 Å². The minimum absolute atomic E-state index is 0. The second-order valence-corrected chi connectivity index (χ2v) is 11.3. The third kappa shape index (κ3) is 9.56. The third-order valence-electron chi connectivity index (χ3n) is 7.81. The topological polar surface area (TPSA) is 0 Å². The van der Waals surface area contributed by atoms with E-state index >= 15 is 0 Å². The van der Waals surface area contributed by atoms with E-state index in [1.807, 2.05) is 6.92 Å². The Bertz CT molecular complexity index is 1980. The third-order valence-corrected chi connectivity index (χ3v) is 7.81. The number of rotatable bonds is 0. The Morgan fingerprint density at radius 2 is 0.435 bits per heavy atom. The molecule has 0 spiro atoms. The largest absolute Gasteiger partial charge is 0.101 e. The van der Waals surface area contributed by atoms with Crippen LogP contribution in [0.25, 0.3) is 0 Å². The second-order valence-electron chi connectivity index (χ2n) is 11.3. The molecular weight excluding hydrogens is 553 g/mol. The van der Waals surface area contributed by atoms with Gasteiger partial charge in [0.25, 0.3) is 0 Å². The first-order valence-corrected chi connectivity index (χ1v) is 14.4. The summed E-state index contributed by atoms with van der Waals surface area (Å²) in [7, 11) is 0. The lowest BCUT2D eigenvalue weighted by molar-refractivity contribution is 1.28. The van der Waals surface area contributed by atoms with Crippen LogP contribution < -0.4 is 0 Å². The Labute approximate surface area is 283 Å². The van der Waals surface area contributed by atoms with Gasteiger partial charge in [0.05, 0.1) is 0 Å². The van der Waals surface area contributed by atoms with Crippen molar-refractivity contribution in [2.24, 2.45) is 0 Å². The van der Waals surface area contributed by atoms with E-state index < -0.39 is 0 Å². The van der Waals surface area contributed by atoms with Gasteiger partial charge in [-0.05, 0) is 162 Å². The maximum Gasteiger partial charge on any atom is 0.0281 e. The van der Waals surface area contributed by atoms with Crippen molar-refractivity contribution in [3.8, 4) is 47.4 Å². The maximum absolute atomic E-state index is 3.42. The zero-order valence-corrected chi connectivity index (χ0v) is 26.6. The Morgan fingerprint density at radius 1 is 0.261 bits per heavy atom. The average molecular weight is 607 g/mol. The molecule has 0 N–H and O–H groups in total. The van der Waals surface area contributed by atoms with Crippen LogP contribution in [-0.2, 0) is 0 Å². The van der Waals surface area contributed by atoms with E-state index in [2.05, 4.69) is 158 Å². The molecule has 0 nitrogen and oxygen atoms in total. The molecule has 0 fully saturated rings. The summed E-state index contributed by atoms with van der Waals surface area (Å²) in [6, 6.07) is 17.3. The fourth-order valence-electron chi connectivity index (χ4n) is 4.89. The summed E-state index contributed by atoms with van der Waals surface area (Å²) >= 11 is 0. The lowest BCUT2D eigenvalue weighted by Gasteiger charge is -2.06. The first-order valence-electron chi connectivity index (χ1n) is 14.4. The van der Waals surface area contributed by atoms with Gasteiger partial charge in [0.15, 0.2) is 0 Å². The van der Waals surface area contributed by atoms with Crippen molar-refractivity contribution in [2.75, 3.05) is 0 Å². The zero-order chi connectivity index (χ0) is 30.6. The van der Waals surface area contributed by atoms with Crippen LogP contribution in [0.3, 0.4) is 0 Å². The summed E-state index contributed by atoms with van der Waals surface area (Å²) in [5.41, 5.74) is 17.9. The molecule has 0 aliphatic rings. The highest BCUT2D eigenvalue weighted by atomic mass is 14.1. The Hall–Kier alpha value is -4.88. The van der Waals surface area contributed by atoms with E-state index in [0.717, 1.165) is 72.3 Å². The molecule has 0 aliphatic carbocycles. The van der Waals surface area contributed by atoms with Crippen LogP contribution >= 0.6 is 0 Å². The maximum atomic E-state index is 3.42. The van der Waals surface area contributed by atoms with Gasteiger partial charge in [0.1, 0.15) is 0 Å². The van der Waals surface area contributed by atoms with Gasteiger partial charge < -0.3 is 0 Å². The smallest absolute Gasteiger partial charge is 0.0281 e. The molecule has 0 aliphatic heterocycles. The second kappa shape index (κ2) is 17.6. The average Bonchev–Trinajstić information content (AvgIpc) is 2.93. The van der Waals surface area contributed by atoms with Crippen molar-refractivity contribution in [1.29, 1.82) is 0 Å². The van der Waals surface area contributed by atoms with Crippen molar-refractivity contribution < 1.29 is 0 Å². The van der Waals surface area contributed by atoms with E-state index in [4.69, 9.17) is 0 Å². The van der Waals surface area contributed by atoms with E-state index in [0.29, 0.717) is 0 Å². The van der Waals surface area contributed by atoms with Gasteiger partial charge >= 0.3 is 0 Å². The van der Waals surface area contributed by atoms with Crippen LogP contribution in [0.5, 0.6) is 0 Å². The fourth-order valence-corrected chi connectivity index (χ4v) is 4.89. The summed E-state index contributed by atoms with van der Waals surface area (Å²) in [6.45, 7) is 20.9. The van der Waals surface area contributed by atoms with Crippen molar-refractivity contribution in [3.05, 3.63) is 138 Å². The minimum atomic E-state index is 0. The lowest BCUT2D eigenvalue weighted by atomic mass is 9.97. The van der Waals surface area contributed by atoms with Gasteiger partial charge in [-0.3, -0.25) is 0 Å². The summed E-state index contributed by atoms with van der Waals surface area (Å²) in [4.78, 5) is 0. The molecule has 0 heteroatoms. The van der Waals surface area contributed by atoms with Crippen LogP contribution in [-0.4, -0.2) is 0 Å². The van der Waals surface area contributed by atoms with Crippen LogP contribution in [0.15, 0.2) is 48.5 Å². The first kappa shape index (κ1) is 41.1. The highest BCUT2D eigenvalue weighted by molar-refractivity contribution is 5.59. The van der Waals surface area contributed by atoms with Crippen molar-refractivity contribution in [1.82, 2.24) is 0 Å². The molecule has 0 aromatic heterocycles. The molecule has 0 amide bonds. The molecule has 0 atom stereocenters. The van der Waals surface area contributed by atoms with Gasteiger partial charge in [0, 0.05) is 38.9 Å². The number of hydrogen-bond acceptors (Lipinski definition) is 0. The molecule has 4 rings (SSSR count).